The second-order valence-corrected chi connectivity index (χ2v) is 7.80. The molecule has 4 nitrogen and oxygen atoms in total. The number of carbonyl (C=O) groups is 1. The standard InChI is InChI=1S/C19H19N3OS2/c1-24-16-8-4-2-6-14(16)18(23)21-10-12-22(13-11-21)19-20-15-7-3-5-9-17(15)25-19/h2-9H,10-13H2,1H3. The lowest BCUT2D eigenvalue weighted by molar-refractivity contribution is 0.0743. The zero-order chi connectivity index (χ0) is 17.2. The van der Waals surface area contributed by atoms with Crippen molar-refractivity contribution < 1.29 is 4.79 Å². The number of benzene rings is 2. The molecule has 0 atom stereocenters. The van der Waals surface area contributed by atoms with E-state index < -0.39 is 0 Å². The van der Waals surface area contributed by atoms with Crippen LogP contribution in [0.15, 0.2) is 53.4 Å². The van der Waals surface area contributed by atoms with Gasteiger partial charge in [-0.2, -0.15) is 0 Å². The number of rotatable bonds is 3. The molecule has 1 aliphatic rings. The van der Waals surface area contributed by atoms with E-state index in [0.717, 1.165) is 47.3 Å². The molecule has 0 saturated carbocycles. The van der Waals surface area contributed by atoms with Crippen molar-refractivity contribution in [3.8, 4) is 0 Å². The van der Waals surface area contributed by atoms with Crippen LogP contribution in [0.4, 0.5) is 5.13 Å². The predicted molar refractivity (Wildman–Crippen MR) is 106 cm³/mol. The van der Waals surface area contributed by atoms with E-state index in [1.807, 2.05) is 47.6 Å². The molecule has 6 heteroatoms. The average Bonchev–Trinajstić information content (AvgIpc) is 3.12. The van der Waals surface area contributed by atoms with E-state index in [-0.39, 0.29) is 5.91 Å². The van der Waals surface area contributed by atoms with Crippen LogP contribution in [0, 0.1) is 0 Å². The minimum atomic E-state index is 0.133. The lowest BCUT2D eigenvalue weighted by Crippen LogP contribution is -2.48. The molecule has 1 aliphatic heterocycles. The lowest BCUT2D eigenvalue weighted by Gasteiger charge is -2.34. The van der Waals surface area contributed by atoms with Crippen LogP contribution in [0.25, 0.3) is 10.2 Å². The Labute approximate surface area is 155 Å². The largest absolute Gasteiger partial charge is 0.345 e. The average molecular weight is 370 g/mol. The van der Waals surface area contributed by atoms with Gasteiger partial charge in [-0.25, -0.2) is 4.98 Å². The van der Waals surface area contributed by atoms with E-state index in [1.54, 1.807) is 23.1 Å². The van der Waals surface area contributed by atoms with Crippen molar-refractivity contribution in [2.45, 2.75) is 4.90 Å². The third-order valence-electron chi connectivity index (χ3n) is 4.46. The van der Waals surface area contributed by atoms with Crippen LogP contribution in [-0.4, -0.2) is 48.2 Å². The fourth-order valence-corrected chi connectivity index (χ4v) is 4.69. The Morgan fingerprint density at radius 2 is 1.76 bits per heavy atom. The topological polar surface area (TPSA) is 36.4 Å². The number of thioether (sulfide) groups is 1. The molecular weight excluding hydrogens is 350 g/mol. The second-order valence-electron chi connectivity index (χ2n) is 5.94. The Morgan fingerprint density at radius 1 is 1.04 bits per heavy atom. The molecule has 2 aromatic carbocycles. The number of carbonyl (C=O) groups excluding carboxylic acids is 1. The second kappa shape index (κ2) is 7.06. The number of fused-ring (bicyclic) bond motifs is 1. The molecule has 3 aromatic rings. The number of thiazole rings is 1. The van der Waals surface area contributed by atoms with Gasteiger partial charge in [-0.1, -0.05) is 35.6 Å². The molecule has 128 valence electrons. The summed E-state index contributed by atoms with van der Waals surface area (Å²) in [7, 11) is 0. The smallest absolute Gasteiger partial charge is 0.255 e. The van der Waals surface area contributed by atoms with Crippen molar-refractivity contribution in [3.63, 3.8) is 0 Å². The van der Waals surface area contributed by atoms with Crippen LogP contribution >= 0.6 is 23.1 Å². The Hall–Kier alpha value is -2.05. The summed E-state index contributed by atoms with van der Waals surface area (Å²) in [5, 5.41) is 1.05. The van der Waals surface area contributed by atoms with E-state index >= 15 is 0 Å². The maximum Gasteiger partial charge on any atom is 0.255 e. The van der Waals surface area contributed by atoms with Gasteiger partial charge in [-0.15, -0.1) is 11.8 Å². The monoisotopic (exact) mass is 369 g/mol. The SMILES string of the molecule is CSc1ccccc1C(=O)N1CCN(c2nc3ccccc3s2)CC1. The third-order valence-corrected chi connectivity index (χ3v) is 6.35. The summed E-state index contributed by atoms with van der Waals surface area (Å²) >= 11 is 3.35. The number of amides is 1. The molecule has 1 amide bonds. The normalized spacial score (nSPS) is 14.9. The summed E-state index contributed by atoms with van der Waals surface area (Å²) in [6, 6.07) is 16.1. The third kappa shape index (κ3) is 3.24. The summed E-state index contributed by atoms with van der Waals surface area (Å²) in [4.78, 5) is 22.9. The van der Waals surface area contributed by atoms with Gasteiger partial charge in [0.15, 0.2) is 5.13 Å². The van der Waals surface area contributed by atoms with Crippen molar-refractivity contribution in [2.75, 3.05) is 37.3 Å². The molecule has 1 fully saturated rings. The van der Waals surface area contributed by atoms with Crippen LogP contribution < -0.4 is 4.90 Å². The Morgan fingerprint density at radius 3 is 2.52 bits per heavy atom. The van der Waals surface area contributed by atoms with E-state index in [2.05, 4.69) is 17.0 Å². The summed E-state index contributed by atoms with van der Waals surface area (Å²) in [5.74, 6) is 0.133. The van der Waals surface area contributed by atoms with Crippen LogP contribution in [0.3, 0.4) is 0 Å². The van der Waals surface area contributed by atoms with E-state index in [9.17, 15) is 4.79 Å². The van der Waals surface area contributed by atoms with Gasteiger partial charge >= 0.3 is 0 Å². The molecule has 0 unspecified atom stereocenters. The first-order chi connectivity index (χ1) is 12.3. The number of aromatic nitrogens is 1. The summed E-state index contributed by atoms with van der Waals surface area (Å²) in [5.41, 5.74) is 1.86. The minimum absolute atomic E-state index is 0.133. The molecule has 0 spiro atoms. The van der Waals surface area contributed by atoms with Crippen LogP contribution in [0.2, 0.25) is 0 Å². The maximum atomic E-state index is 12.8. The number of piperazine rings is 1. The van der Waals surface area contributed by atoms with E-state index in [1.165, 1.54) is 4.70 Å². The van der Waals surface area contributed by atoms with Crippen molar-refractivity contribution in [3.05, 3.63) is 54.1 Å². The molecule has 1 aromatic heterocycles. The van der Waals surface area contributed by atoms with Gasteiger partial charge in [0.1, 0.15) is 0 Å². The molecule has 0 aliphatic carbocycles. The summed E-state index contributed by atoms with van der Waals surface area (Å²) in [6.45, 7) is 3.12. The highest BCUT2D eigenvalue weighted by Gasteiger charge is 2.25. The highest BCUT2D eigenvalue weighted by Crippen LogP contribution is 2.29. The number of hydrogen-bond donors (Lipinski definition) is 0. The van der Waals surface area contributed by atoms with Gasteiger partial charge in [0, 0.05) is 31.1 Å². The number of para-hydroxylation sites is 1. The zero-order valence-corrected chi connectivity index (χ0v) is 15.6. The highest BCUT2D eigenvalue weighted by atomic mass is 32.2. The van der Waals surface area contributed by atoms with Crippen LogP contribution in [-0.2, 0) is 0 Å². The fourth-order valence-electron chi connectivity index (χ4n) is 3.09. The van der Waals surface area contributed by atoms with Gasteiger partial charge in [-0.3, -0.25) is 4.79 Å². The first-order valence-corrected chi connectivity index (χ1v) is 10.3. The van der Waals surface area contributed by atoms with Gasteiger partial charge in [-0.05, 0) is 30.5 Å². The van der Waals surface area contributed by atoms with Gasteiger partial charge in [0.05, 0.1) is 15.8 Å². The quantitative estimate of drug-likeness (QED) is 0.655. The molecule has 2 heterocycles. The van der Waals surface area contributed by atoms with E-state index in [4.69, 9.17) is 4.98 Å². The first kappa shape index (κ1) is 16.4. The minimum Gasteiger partial charge on any atom is -0.345 e. The summed E-state index contributed by atoms with van der Waals surface area (Å²) < 4.78 is 1.21. The van der Waals surface area contributed by atoms with Crippen molar-refractivity contribution in [1.29, 1.82) is 0 Å². The molecule has 1 saturated heterocycles. The van der Waals surface area contributed by atoms with Gasteiger partial charge in [0.2, 0.25) is 0 Å². The zero-order valence-electron chi connectivity index (χ0n) is 14.0. The molecule has 0 N–H and O–H groups in total. The maximum absolute atomic E-state index is 12.8. The molecule has 0 bridgehead atoms. The summed E-state index contributed by atoms with van der Waals surface area (Å²) in [6.07, 6.45) is 2.01. The fraction of sp³-hybridized carbons (Fsp3) is 0.263. The Bertz CT molecular complexity index is 867. The molecule has 4 rings (SSSR count). The van der Waals surface area contributed by atoms with Crippen molar-refractivity contribution >= 4 is 44.4 Å². The van der Waals surface area contributed by atoms with E-state index in [0.29, 0.717) is 0 Å². The lowest BCUT2D eigenvalue weighted by atomic mass is 10.2. The Balaban J connectivity index is 1.46. The van der Waals surface area contributed by atoms with Crippen LogP contribution in [0.1, 0.15) is 10.4 Å². The van der Waals surface area contributed by atoms with Gasteiger partial charge < -0.3 is 9.80 Å². The number of hydrogen-bond acceptors (Lipinski definition) is 5. The molecular formula is C19H19N3OS2. The Kier molecular flexibility index (Phi) is 4.63. The molecule has 0 radical (unpaired) electrons. The van der Waals surface area contributed by atoms with Crippen molar-refractivity contribution in [2.24, 2.45) is 0 Å². The van der Waals surface area contributed by atoms with Gasteiger partial charge in [0.25, 0.3) is 5.91 Å². The predicted octanol–water partition coefficient (Wildman–Crippen LogP) is 3.98. The first-order valence-electron chi connectivity index (χ1n) is 8.29. The number of anilines is 1. The van der Waals surface area contributed by atoms with Crippen LogP contribution in [0.5, 0.6) is 0 Å². The molecule has 25 heavy (non-hydrogen) atoms. The number of nitrogens with zero attached hydrogens (tertiary/aromatic N) is 3. The van der Waals surface area contributed by atoms with Crippen molar-refractivity contribution in [1.82, 2.24) is 9.88 Å². The highest BCUT2D eigenvalue weighted by molar-refractivity contribution is 7.98.